The van der Waals surface area contributed by atoms with Gasteiger partial charge < -0.3 is 15.5 Å². The molecule has 0 spiro atoms. The molecule has 19 heavy (non-hydrogen) atoms. The van der Waals surface area contributed by atoms with Gasteiger partial charge in [0.2, 0.25) is 0 Å². The lowest BCUT2D eigenvalue weighted by molar-refractivity contribution is 0.305. The van der Waals surface area contributed by atoms with E-state index in [1.807, 2.05) is 55.6 Å². The van der Waals surface area contributed by atoms with Gasteiger partial charge in [-0.1, -0.05) is 18.2 Å². The van der Waals surface area contributed by atoms with Gasteiger partial charge >= 0.3 is 0 Å². The summed E-state index contributed by atoms with van der Waals surface area (Å²) in [4.78, 5) is 3.23. The van der Waals surface area contributed by atoms with Crippen molar-refractivity contribution in [2.75, 3.05) is 5.73 Å². The Hall–Kier alpha value is -2.42. The second-order valence-electron chi connectivity index (χ2n) is 4.67. The number of para-hydroxylation sites is 1. The number of H-pyrrole nitrogens is 1. The Morgan fingerprint density at radius 2 is 2.00 bits per heavy atom. The molecule has 3 nitrogen and oxygen atoms in total. The first-order valence-corrected chi connectivity index (χ1v) is 6.28. The van der Waals surface area contributed by atoms with Crippen molar-refractivity contribution in [1.82, 2.24) is 4.98 Å². The minimum absolute atomic E-state index is 0.536. The Labute approximate surface area is 112 Å². The van der Waals surface area contributed by atoms with Gasteiger partial charge in [0.05, 0.1) is 0 Å². The summed E-state index contributed by atoms with van der Waals surface area (Å²) >= 11 is 0. The van der Waals surface area contributed by atoms with E-state index in [1.54, 1.807) is 0 Å². The molecule has 3 N–H and O–H groups in total. The fourth-order valence-electron chi connectivity index (χ4n) is 2.19. The Morgan fingerprint density at radius 1 is 1.16 bits per heavy atom. The zero-order valence-electron chi connectivity index (χ0n) is 10.8. The van der Waals surface area contributed by atoms with Gasteiger partial charge in [0.1, 0.15) is 12.4 Å². The average molecular weight is 252 g/mol. The minimum Gasteiger partial charge on any atom is -0.489 e. The number of fused-ring (bicyclic) bond motifs is 1. The number of rotatable bonds is 3. The molecule has 0 aliphatic carbocycles. The normalized spacial score (nSPS) is 10.8. The first-order chi connectivity index (χ1) is 9.24. The molecule has 0 aliphatic rings. The predicted octanol–water partition coefficient (Wildman–Crippen LogP) is 3.64. The molecule has 0 atom stereocenters. The van der Waals surface area contributed by atoms with Gasteiger partial charge in [-0.25, -0.2) is 0 Å². The summed E-state index contributed by atoms with van der Waals surface area (Å²) in [7, 11) is 0. The van der Waals surface area contributed by atoms with E-state index in [0.717, 1.165) is 33.5 Å². The zero-order chi connectivity index (χ0) is 13.2. The van der Waals surface area contributed by atoms with E-state index >= 15 is 0 Å². The smallest absolute Gasteiger partial charge is 0.122 e. The van der Waals surface area contributed by atoms with Crippen molar-refractivity contribution in [2.45, 2.75) is 13.5 Å². The second kappa shape index (κ2) is 4.69. The highest BCUT2D eigenvalue weighted by Gasteiger charge is 2.05. The van der Waals surface area contributed by atoms with Crippen molar-refractivity contribution in [3.8, 4) is 5.75 Å². The highest BCUT2D eigenvalue weighted by Crippen LogP contribution is 2.23. The summed E-state index contributed by atoms with van der Waals surface area (Å²) in [5, 5.41) is 1.12. The largest absolute Gasteiger partial charge is 0.489 e. The third kappa shape index (κ3) is 2.27. The molecule has 0 unspecified atom stereocenters. The standard InChI is InChI=1S/C16H16N2O/c1-11-4-2-3-5-16(11)19-10-12-9-18-15-7-6-13(17)8-14(12)15/h2-9,18H,10,17H2,1H3. The average Bonchev–Trinajstić information content (AvgIpc) is 2.80. The van der Waals surface area contributed by atoms with Crippen LogP contribution in [0.1, 0.15) is 11.1 Å². The molecule has 3 rings (SSSR count). The Balaban J connectivity index is 1.86. The van der Waals surface area contributed by atoms with Crippen LogP contribution >= 0.6 is 0 Å². The predicted molar refractivity (Wildman–Crippen MR) is 78.2 cm³/mol. The van der Waals surface area contributed by atoms with Gasteiger partial charge in [-0.05, 0) is 36.8 Å². The van der Waals surface area contributed by atoms with Crippen LogP contribution in [0.4, 0.5) is 5.69 Å². The van der Waals surface area contributed by atoms with E-state index in [0.29, 0.717) is 6.61 Å². The molecule has 0 saturated carbocycles. The number of nitrogens with one attached hydrogen (secondary N) is 1. The van der Waals surface area contributed by atoms with Crippen molar-refractivity contribution < 1.29 is 4.74 Å². The SMILES string of the molecule is Cc1ccccc1OCc1c[nH]c2ccc(N)cc12. The van der Waals surface area contributed by atoms with Gasteiger partial charge in [-0.2, -0.15) is 0 Å². The second-order valence-corrected chi connectivity index (χ2v) is 4.67. The maximum atomic E-state index is 5.87. The molecule has 0 fully saturated rings. The fourth-order valence-corrected chi connectivity index (χ4v) is 2.19. The van der Waals surface area contributed by atoms with Crippen LogP contribution < -0.4 is 10.5 Å². The lowest BCUT2D eigenvalue weighted by atomic mass is 10.1. The minimum atomic E-state index is 0.536. The van der Waals surface area contributed by atoms with Crippen LogP contribution in [-0.4, -0.2) is 4.98 Å². The first-order valence-electron chi connectivity index (χ1n) is 6.28. The Morgan fingerprint density at radius 3 is 2.84 bits per heavy atom. The lowest BCUT2D eigenvalue weighted by Gasteiger charge is -2.08. The summed E-state index contributed by atoms with van der Waals surface area (Å²) in [5.74, 6) is 0.917. The van der Waals surface area contributed by atoms with Gasteiger partial charge in [0.15, 0.2) is 0 Å². The lowest BCUT2D eigenvalue weighted by Crippen LogP contribution is -1.96. The maximum absolute atomic E-state index is 5.87. The van der Waals surface area contributed by atoms with Crippen molar-refractivity contribution >= 4 is 16.6 Å². The van der Waals surface area contributed by atoms with Gasteiger partial charge in [0, 0.05) is 28.4 Å². The van der Waals surface area contributed by atoms with Crippen LogP contribution in [0, 0.1) is 6.92 Å². The number of aryl methyl sites for hydroxylation is 1. The van der Waals surface area contributed by atoms with Crippen LogP contribution in [0.2, 0.25) is 0 Å². The van der Waals surface area contributed by atoms with Crippen LogP contribution in [-0.2, 0) is 6.61 Å². The van der Waals surface area contributed by atoms with Crippen molar-refractivity contribution in [3.05, 3.63) is 59.8 Å². The molecule has 0 radical (unpaired) electrons. The molecule has 0 bridgehead atoms. The Bertz CT molecular complexity index is 716. The van der Waals surface area contributed by atoms with Crippen molar-refractivity contribution in [3.63, 3.8) is 0 Å². The van der Waals surface area contributed by atoms with E-state index < -0.39 is 0 Å². The molecule has 0 saturated heterocycles. The quantitative estimate of drug-likeness (QED) is 0.699. The van der Waals surface area contributed by atoms with E-state index in [4.69, 9.17) is 10.5 Å². The number of nitrogen functional groups attached to an aromatic ring is 1. The maximum Gasteiger partial charge on any atom is 0.122 e. The third-order valence-corrected chi connectivity index (χ3v) is 3.27. The van der Waals surface area contributed by atoms with Crippen LogP contribution in [0.15, 0.2) is 48.7 Å². The number of anilines is 1. The molecule has 2 aromatic carbocycles. The number of aromatic amines is 1. The molecule has 1 heterocycles. The number of ether oxygens (including phenoxy) is 1. The van der Waals surface area contributed by atoms with Gasteiger partial charge in [-0.15, -0.1) is 0 Å². The van der Waals surface area contributed by atoms with E-state index in [-0.39, 0.29) is 0 Å². The summed E-state index contributed by atoms with van der Waals surface area (Å²) in [6.45, 7) is 2.58. The molecule has 0 aliphatic heterocycles. The van der Waals surface area contributed by atoms with Crippen LogP contribution in [0.3, 0.4) is 0 Å². The molecular formula is C16H16N2O. The third-order valence-electron chi connectivity index (χ3n) is 3.27. The van der Waals surface area contributed by atoms with Crippen LogP contribution in [0.5, 0.6) is 5.75 Å². The van der Waals surface area contributed by atoms with Crippen molar-refractivity contribution in [1.29, 1.82) is 0 Å². The fraction of sp³-hybridized carbons (Fsp3) is 0.125. The number of aromatic nitrogens is 1. The van der Waals surface area contributed by atoms with E-state index in [9.17, 15) is 0 Å². The van der Waals surface area contributed by atoms with Gasteiger partial charge in [0.25, 0.3) is 0 Å². The summed E-state index contributed by atoms with van der Waals surface area (Å²) in [6, 6.07) is 13.9. The Kier molecular flexibility index (Phi) is 2.88. The molecule has 96 valence electrons. The summed E-state index contributed by atoms with van der Waals surface area (Å²) in [6.07, 6.45) is 1.97. The zero-order valence-corrected chi connectivity index (χ0v) is 10.8. The number of benzene rings is 2. The van der Waals surface area contributed by atoms with Crippen LogP contribution in [0.25, 0.3) is 10.9 Å². The highest BCUT2D eigenvalue weighted by molar-refractivity contribution is 5.85. The van der Waals surface area contributed by atoms with E-state index in [2.05, 4.69) is 4.98 Å². The molecule has 1 aromatic heterocycles. The van der Waals surface area contributed by atoms with E-state index in [1.165, 1.54) is 0 Å². The summed E-state index contributed by atoms with van der Waals surface area (Å²) < 4.78 is 5.87. The topological polar surface area (TPSA) is 51.0 Å². The molecule has 3 aromatic rings. The first kappa shape index (κ1) is 11.7. The number of hydrogen-bond donors (Lipinski definition) is 2. The molecule has 3 heteroatoms. The van der Waals surface area contributed by atoms with Crippen molar-refractivity contribution in [2.24, 2.45) is 0 Å². The number of hydrogen-bond acceptors (Lipinski definition) is 2. The monoisotopic (exact) mass is 252 g/mol. The number of nitrogens with two attached hydrogens (primary N) is 1. The highest BCUT2D eigenvalue weighted by atomic mass is 16.5. The van der Waals surface area contributed by atoms with Gasteiger partial charge in [-0.3, -0.25) is 0 Å². The molecule has 0 amide bonds. The summed E-state index contributed by atoms with van der Waals surface area (Å²) in [5.41, 5.74) is 9.93. The molecular weight excluding hydrogens is 236 g/mol.